The number of hydrogen-bond donors (Lipinski definition) is 2. The Morgan fingerprint density at radius 2 is 2.05 bits per heavy atom. The summed E-state index contributed by atoms with van der Waals surface area (Å²) >= 11 is 0. The highest BCUT2D eigenvalue weighted by Gasteiger charge is 2.20. The van der Waals surface area contributed by atoms with Gasteiger partial charge in [-0.05, 0) is 18.6 Å². The maximum absolute atomic E-state index is 5.88. The molecule has 5 nitrogen and oxygen atoms in total. The number of nitrogens with zero attached hydrogens (tertiary/aromatic N) is 1. The lowest BCUT2D eigenvalue weighted by Gasteiger charge is -2.27. The first-order valence-corrected chi connectivity index (χ1v) is 7.16. The maximum Gasteiger partial charge on any atom is 0.191 e. The molecule has 1 aliphatic rings. The summed E-state index contributed by atoms with van der Waals surface area (Å²) in [6, 6.07) is 7.74. The summed E-state index contributed by atoms with van der Waals surface area (Å²) in [7, 11) is 1.77. The molecule has 0 saturated heterocycles. The van der Waals surface area contributed by atoms with E-state index in [-0.39, 0.29) is 30.1 Å². The number of benzene rings is 1. The average molecular weight is 405 g/mol. The maximum atomic E-state index is 5.88. The van der Waals surface area contributed by atoms with Crippen molar-refractivity contribution < 1.29 is 9.47 Å². The summed E-state index contributed by atoms with van der Waals surface area (Å²) in [5.74, 6) is 2.43. The molecule has 21 heavy (non-hydrogen) atoms. The number of hydrogen-bond acceptors (Lipinski definition) is 3. The number of rotatable bonds is 5. The van der Waals surface area contributed by atoms with Crippen LogP contribution in [-0.4, -0.2) is 38.8 Å². The number of halogens is 1. The predicted octanol–water partition coefficient (Wildman–Crippen LogP) is 2.41. The molecule has 0 aliphatic carbocycles. The molecule has 0 aromatic heterocycles. The van der Waals surface area contributed by atoms with E-state index in [0.29, 0.717) is 13.2 Å². The van der Waals surface area contributed by atoms with Gasteiger partial charge in [0.15, 0.2) is 17.5 Å². The quantitative estimate of drug-likeness (QED) is 0.342. The minimum Gasteiger partial charge on any atom is -0.486 e. The second kappa shape index (κ2) is 9.70. The topological polar surface area (TPSA) is 54.9 Å². The molecule has 2 N–H and O–H groups in total. The summed E-state index contributed by atoms with van der Waals surface area (Å²) in [5, 5.41) is 6.53. The molecular weight excluding hydrogens is 381 g/mol. The van der Waals surface area contributed by atoms with Gasteiger partial charge in [0.1, 0.15) is 12.7 Å². The first kappa shape index (κ1) is 17.9. The summed E-state index contributed by atoms with van der Waals surface area (Å²) in [4.78, 5) is 4.19. The van der Waals surface area contributed by atoms with Crippen LogP contribution in [0, 0.1) is 0 Å². The fraction of sp³-hybridized carbons (Fsp3) is 0.533. The molecule has 1 aromatic carbocycles. The van der Waals surface area contributed by atoms with Crippen molar-refractivity contribution in [1.29, 1.82) is 0 Å². The van der Waals surface area contributed by atoms with Crippen molar-refractivity contribution in [3.05, 3.63) is 24.3 Å². The molecule has 118 valence electrons. The SMILES string of the molecule is CCCCNC(=NC)NCC1COc2ccccc2O1.I. The van der Waals surface area contributed by atoms with Crippen molar-refractivity contribution in [2.75, 3.05) is 26.7 Å². The number of para-hydroxylation sites is 2. The fourth-order valence-electron chi connectivity index (χ4n) is 1.98. The molecule has 1 aliphatic heterocycles. The minimum absolute atomic E-state index is 0. The van der Waals surface area contributed by atoms with Crippen LogP contribution < -0.4 is 20.1 Å². The molecule has 1 aromatic rings. The third kappa shape index (κ3) is 5.61. The highest BCUT2D eigenvalue weighted by Crippen LogP contribution is 2.30. The number of fused-ring (bicyclic) bond motifs is 1. The first-order valence-electron chi connectivity index (χ1n) is 7.16. The lowest BCUT2D eigenvalue weighted by molar-refractivity contribution is 0.0936. The van der Waals surface area contributed by atoms with Gasteiger partial charge in [-0.2, -0.15) is 0 Å². The van der Waals surface area contributed by atoms with Gasteiger partial charge in [-0.1, -0.05) is 25.5 Å². The van der Waals surface area contributed by atoms with E-state index in [4.69, 9.17) is 9.47 Å². The van der Waals surface area contributed by atoms with E-state index in [1.54, 1.807) is 7.05 Å². The smallest absolute Gasteiger partial charge is 0.191 e. The summed E-state index contributed by atoms with van der Waals surface area (Å²) in [6.45, 7) is 4.32. The van der Waals surface area contributed by atoms with Gasteiger partial charge in [-0.15, -0.1) is 24.0 Å². The number of unbranched alkanes of at least 4 members (excludes halogenated alkanes) is 1. The Morgan fingerprint density at radius 1 is 1.29 bits per heavy atom. The van der Waals surface area contributed by atoms with E-state index in [9.17, 15) is 0 Å². The number of guanidine groups is 1. The second-order valence-corrected chi connectivity index (χ2v) is 4.73. The normalized spacial score (nSPS) is 16.9. The number of ether oxygens (including phenoxy) is 2. The Kier molecular flexibility index (Phi) is 8.26. The van der Waals surface area contributed by atoms with Crippen LogP contribution in [0.5, 0.6) is 11.5 Å². The lowest BCUT2D eigenvalue weighted by Crippen LogP contribution is -2.45. The van der Waals surface area contributed by atoms with Crippen molar-refractivity contribution in [3.8, 4) is 11.5 Å². The van der Waals surface area contributed by atoms with E-state index >= 15 is 0 Å². The largest absolute Gasteiger partial charge is 0.486 e. The van der Waals surface area contributed by atoms with E-state index in [0.717, 1.165) is 30.4 Å². The van der Waals surface area contributed by atoms with Gasteiger partial charge in [0.05, 0.1) is 6.54 Å². The molecule has 0 fully saturated rings. The highest BCUT2D eigenvalue weighted by atomic mass is 127. The van der Waals surface area contributed by atoms with Crippen molar-refractivity contribution in [2.45, 2.75) is 25.9 Å². The van der Waals surface area contributed by atoms with Crippen LogP contribution in [0.25, 0.3) is 0 Å². The molecule has 0 amide bonds. The Balaban J connectivity index is 0.00000220. The predicted molar refractivity (Wildman–Crippen MR) is 96.0 cm³/mol. The summed E-state index contributed by atoms with van der Waals surface area (Å²) < 4.78 is 11.6. The summed E-state index contributed by atoms with van der Waals surface area (Å²) in [6.07, 6.45) is 2.30. The molecule has 0 bridgehead atoms. The third-order valence-electron chi connectivity index (χ3n) is 3.11. The molecular formula is C15H24IN3O2. The first-order chi connectivity index (χ1) is 9.83. The van der Waals surface area contributed by atoms with Gasteiger partial charge in [0, 0.05) is 13.6 Å². The van der Waals surface area contributed by atoms with Crippen molar-refractivity contribution in [2.24, 2.45) is 4.99 Å². The minimum atomic E-state index is -0.00498. The summed E-state index contributed by atoms with van der Waals surface area (Å²) in [5.41, 5.74) is 0. The molecule has 0 saturated carbocycles. The average Bonchev–Trinajstić information content (AvgIpc) is 2.50. The Hall–Kier alpha value is -1.18. The van der Waals surface area contributed by atoms with Crippen LogP contribution in [0.1, 0.15) is 19.8 Å². The van der Waals surface area contributed by atoms with Crippen molar-refractivity contribution in [3.63, 3.8) is 0 Å². The van der Waals surface area contributed by atoms with E-state index in [1.807, 2.05) is 24.3 Å². The molecule has 2 rings (SSSR count). The van der Waals surface area contributed by atoms with E-state index in [2.05, 4.69) is 22.5 Å². The van der Waals surface area contributed by atoms with Crippen LogP contribution in [0.15, 0.2) is 29.3 Å². The monoisotopic (exact) mass is 405 g/mol. The Labute approximate surface area is 143 Å². The molecule has 1 atom stereocenters. The zero-order chi connectivity index (χ0) is 14.2. The van der Waals surface area contributed by atoms with Crippen LogP contribution in [0.4, 0.5) is 0 Å². The molecule has 1 heterocycles. The van der Waals surface area contributed by atoms with Gasteiger partial charge in [0.25, 0.3) is 0 Å². The molecule has 1 unspecified atom stereocenters. The molecule has 0 spiro atoms. The fourth-order valence-corrected chi connectivity index (χ4v) is 1.98. The zero-order valence-electron chi connectivity index (χ0n) is 12.6. The third-order valence-corrected chi connectivity index (χ3v) is 3.11. The van der Waals surface area contributed by atoms with Gasteiger partial charge in [0.2, 0.25) is 0 Å². The van der Waals surface area contributed by atoms with Gasteiger partial charge in [-0.25, -0.2) is 0 Å². The van der Waals surface area contributed by atoms with E-state index in [1.165, 1.54) is 6.42 Å². The van der Waals surface area contributed by atoms with E-state index < -0.39 is 0 Å². The Morgan fingerprint density at radius 3 is 2.76 bits per heavy atom. The number of aliphatic imine (C=N–C) groups is 1. The van der Waals surface area contributed by atoms with Crippen LogP contribution in [0.2, 0.25) is 0 Å². The highest BCUT2D eigenvalue weighted by molar-refractivity contribution is 14.0. The van der Waals surface area contributed by atoms with Crippen molar-refractivity contribution in [1.82, 2.24) is 10.6 Å². The van der Waals surface area contributed by atoms with Crippen LogP contribution in [0.3, 0.4) is 0 Å². The van der Waals surface area contributed by atoms with Gasteiger partial charge >= 0.3 is 0 Å². The van der Waals surface area contributed by atoms with Gasteiger partial charge < -0.3 is 20.1 Å². The zero-order valence-corrected chi connectivity index (χ0v) is 14.9. The standard InChI is InChI=1S/C15H23N3O2.HI/c1-3-4-9-17-15(16-2)18-10-12-11-19-13-7-5-6-8-14(13)20-12;/h5-8,12H,3-4,9-11H2,1-2H3,(H2,16,17,18);1H. The molecule has 6 heteroatoms. The second-order valence-electron chi connectivity index (χ2n) is 4.73. The van der Waals surface area contributed by atoms with Crippen molar-refractivity contribution >= 4 is 29.9 Å². The Bertz CT molecular complexity index is 454. The lowest BCUT2D eigenvalue weighted by atomic mass is 10.2. The van der Waals surface area contributed by atoms with Gasteiger partial charge in [-0.3, -0.25) is 4.99 Å². The molecule has 0 radical (unpaired) electrons. The van der Waals surface area contributed by atoms with Crippen LogP contribution >= 0.6 is 24.0 Å². The van der Waals surface area contributed by atoms with Crippen LogP contribution in [-0.2, 0) is 0 Å². The number of nitrogens with one attached hydrogen (secondary N) is 2.